The first-order chi connectivity index (χ1) is 7.23. The molecule has 1 saturated carbocycles. The monoisotopic (exact) mass is 223 g/mol. The molecule has 0 bridgehead atoms. The second kappa shape index (κ2) is 3.26. The van der Waals surface area contributed by atoms with Crippen LogP contribution in [-0.2, 0) is 5.54 Å². The zero-order valence-electron chi connectivity index (χ0n) is 10.5. The van der Waals surface area contributed by atoms with Gasteiger partial charge in [0.05, 0.1) is 5.54 Å². The molecule has 0 atom stereocenters. The molecule has 0 unspecified atom stereocenters. The Labute approximate surface area is 96.2 Å². The van der Waals surface area contributed by atoms with E-state index >= 15 is 0 Å². The maximum absolute atomic E-state index is 6.49. The van der Waals surface area contributed by atoms with E-state index < -0.39 is 5.54 Å². The Morgan fingerprint density at radius 1 is 1.06 bits per heavy atom. The van der Waals surface area contributed by atoms with E-state index in [0.717, 1.165) is 12.8 Å². The highest BCUT2D eigenvalue weighted by Gasteiger charge is 2.48. The predicted molar refractivity (Wildman–Crippen MR) is 61.5 cm³/mol. The van der Waals surface area contributed by atoms with Crippen LogP contribution >= 0.6 is 0 Å². The number of tetrazole rings is 1. The first-order valence-corrected chi connectivity index (χ1v) is 5.75. The van der Waals surface area contributed by atoms with Crippen molar-refractivity contribution in [2.75, 3.05) is 0 Å². The normalized spacial score (nSPS) is 26.6. The molecule has 90 valence electrons. The molecule has 0 radical (unpaired) electrons. The van der Waals surface area contributed by atoms with Crippen molar-refractivity contribution in [1.82, 2.24) is 20.6 Å². The summed E-state index contributed by atoms with van der Waals surface area (Å²) in [5, 5.41) is 14.3. The number of aromatic nitrogens is 4. The summed E-state index contributed by atoms with van der Waals surface area (Å²) < 4.78 is 0. The fourth-order valence-electron chi connectivity index (χ4n) is 3.72. The van der Waals surface area contributed by atoms with Crippen LogP contribution < -0.4 is 5.73 Å². The Morgan fingerprint density at radius 2 is 1.62 bits per heavy atom. The zero-order chi connectivity index (χ0) is 12.0. The van der Waals surface area contributed by atoms with Crippen molar-refractivity contribution >= 4 is 0 Å². The van der Waals surface area contributed by atoms with Crippen molar-refractivity contribution < 1.29 is 0 Å². The summed E-state index contributed by atoms with van der Waals surface area (Å²) in [6.07, 6.45) is 2.99. The van der Waals surface area contributed by atoms with E-state index in [-0.39, 0.29) is 10.8 Å². The minimum absolute atomic E-state index is 0.219. The van der Waals surface area contributed by atoms with E-state index in [1.165, 1.54) is 6.42 Å². The van der Waals surface area contributed by atoms with Crippen LogP contribution in [0.1, 0.15) is 52.8 Å². The Bertz CT molecular complexity index is 350. The molecule has 3 N–H and O–H groups in total. The number of hydrogen-bond donors (Lipinski definition) is 2. The average Bonchev–Trinajstić information content (AvgIpc) is 2.46. The molecule has 0 amide bonds. The topological polar surface area (TPSA) is 80.5 Å². The van der Waals surface area contributed by atoms with Crippen molar-refractivity contribution in [2.24, 2.45) is 16.6 Å². The molecule has 1 heterocycles. The first kappa shape index (κ1) is 11.5. The molecular weight excluding hydrogens is 202 g/mol. The third-order valence-electron chi connectivity index (χ3n) is 3.34. The molecule has 5 heteroatoms. The minimum Gasteiger partial charge on any atom is -0.319 e. The van der Waals surface area contributed by atoms with Crippen molar-refractivity contribution in [2.45, 2.75) is 52.5 Å². The number of H-pyrrole nitrogens is 1. The SMILES string of the molecule is CC1(C)CC(C)(C)CC(N)(c2nn[nH]n2)C1. The molecule has 1 aliphatic carbocycles. The Kier molecular flexibility index (Phi) is 2.35. The van der Waals surface area contributed by atoms with Gasteiger partial charge < -0.3 is 5.73 Å². The van der Waals surface area contributed by atoms with E-state index in [1.54, 1.807) is 0 Å². The second-order valence-electron chi connectivity index (χ2n) is 6.75. The van der Waals surface area contributed by atoms with Gasteiger partial charge in [-0.2, -0.15) is 5.21 Å². The molecule has 16 heavy (non-hydrogen) atoms. The van der Waals surface area contributed by atoms with E-state index in [2.05, 4.69) is 48.3 Å². The molecular formula is C11H21N5. The summed E-state index contributed by atoms with van der Waals surface area (Å²) in [4.78, 5) is 0. The van der Waals surface area contributed by atoms with Crippen LogP contribution in [0.5, 0.6) is 0 Å². The molecule has 1 fully saturated rings. The van der Waals surface area contributed by atoms with Gasteiger partial charge in [-0.15, -0.1) is 10.2 Å². The fraction of sp³-hybridized carbons (Fsp3) is 0.909. The van der Waals surface area contributed by atoms with Gasteiger partial charge in [0.2, 0.25) is 0 Å². The number of rotatable bonds is 1. The van der Waals surface area contributed by atoms with Crippen molar-refractivity contribution in [1.29, 1.82) is 0 Å². The van der Waals surface area contributed by atoms with E-state index in [0.29, 0.717) is 5.82 Å². The van der Waals surface area contributed by atoms with Crippen molar-refractivity contribution in [3.8, 4) is 0 Å². The Morgan fingerprint density at radius 3 is 2.06 bits per heavy atom. The van der Waals surface area contributed by atoms with Crippen molar-refractivity contribution in [3.05, 3.63) is 5.82 Å². The van der Waals surface area contributed by atoms with Crippen LogP contribution in [0, 0.1) is 10.8 Å². The van der Waals surface area contributed by atoms with Gasteiger partial charge in [-0.3, -0.25) is 0 Å². The lowest BCUT2D eigenvalue weighted by Gasteiger charge is -2.49. The van der Waals surface area contributed by atoms with Crippen LogP contribution in [0.25, 0.3) is 0 Å². The summed E-state index contributed by atoms with van der Waals surface area (Å²) in [5.74, 6) is 0.647. The minimum atomic E-state index is -0.446. The van der Waals surface area contributed by atoms with E-state index in [1.807, 2.05) is 0 Å². The molecule has 0 spiro atoms. The highest BCUT2D eigenvalue weighted by molar-refractivity contribution is 5.09. The smallest absolute Gasteiger partial charge is 0.194 e. The van der Waals surface area contributed by atoms with Gasteiger partial charge >= 0.3 is 0 Å². The largest absolute Gasteiger partial charge is 0.319 e. The number of nitrogens with zero attached hydrogens (tertiary/aromatic N) is 3. The highest BCUT2D eigenvalue weighted by atomic mass is 15.5. The molecule has 1 aromatic rings. The maximum atomic E-state index is 6.49. The summed E-state index contributed by atoms with van der Waals surface area (Å²) in [5.41, 5.74) is 6.48. The van der Waals surface area contributed by atoms with Gasteiger partial charge in [0.25, 0.3) is 0 Å². The van der Waals surface area contributed by atoms with Crippen molar-refractivity contribution in [3.63, 3.8) is 0 Å². The second-order valence-corrected chi connectivity index (χ2v) is 6.75. The van der Waals surface area contributed by atoms with Gasteiger partial charge in [0.1, 0.15) is 0 Å². The first-order valence-electron chi connectivity index (χ1n) is 5.75. The van der Waals surface area contributed by atoms with Crippen LogP contribution in [-0.4, -0.2) is 20.6 Å². The molecule has 0 aliphatic heterocycles. The summed E-state index contributed by atoms with van der Waals surface area (Å²) in [7, 11) is 0. The molecule has 1 aliphatic rings. The third-order valence-corrected chi connectivity index (χ3v) is 3.34. The number of hydrogen-bond acceptors (Lipinski definition) is 4. The lowest BCUT2D eigenvalue weighted by molar-refractivity contribution is 0.0428. The number of nitrogens with one attached hydrogen (secondary N) is 1. The maximum Gasteiger partial charge on any atom is 0.194 e. The molecule has 0 saturated heterocycles. The lowest BCUT2D eigenvalue weighted by Crippen LogP contribution is -2.50. The Hall–Kier alpha value is -0.970. The Balaban J connectivity index is 2.35. The fourth-order valence-corrected chi connectivity index (χ4v) is 3.72. The van der Waals surface area contributed by atoms with Gasteiger partial charge in [0, 0.05) is 0 Å². The van der Waals surface area contributed by atoms with Crippen LogP contribution in [0.2, 0.25) is 0 Å². The van der Waals surface area contributed by atoms with Crippen LogP contribution in [0.15, 0.2) is 0 Å². The zero-order valence-corrected chi connectivity index (χ0v) is 10.5. The lowest BCUT2D eigenvalue weighted by atomic mass is 9.58. The van der Waals surface area contributed by atoms with Gasteiger partial charge in [0.15, 0.2) is 5.82 Å². The molecule has 5 nitrogen and oxygen atoms in total. The number of aromatic amines is 1. The molecule has 2 rings (SSSR count). The molecule has 1 aromatic heterocycles. The number of nitrogens with two attached hydrogens (primary N) is 1. The highest BCUT2D eigenvalue weighted by Crippen LogP contribution is 2.51. The predicted octanol–water partition coefficient (Wildman–Crippen LogP) is 1.59. The summed E-state index contributed by atoms with van der Waals surface area (Å²) >= 11 is 0. The average molecular weight is 223 g/mol. The summed E-state index contributed by atoms with van der Waals surface area (Å²) in [6.45, 7) is 9.04. The van der Waals surface area contributed by atoms with Gasteiger partial charge in [-0.1, -0.05) is 32.9 Å². The van der Waals surface area contributed by atoms with Crippen LogP contribution in [0.3, 0.4) is 0 Å². The van der Waals surface area contributed by atoms with Crippen LogP contribution in [0.4, 0.5) is 0 Å². The van der Waals surface area contributed by atoms with E-state index in [9.17, 15) is 0 Å². The van der Waals surface area contributed by atoms with E-state index in [4.69, 9.17) is 5.73 Å². The molecule has 0 aromatic carbocycles. The quantitative estimate of drug-likeness (QED) is 0.757. The van der Waals surface area contributed by atoms with Gasteiger partial charge in [-0.25, -0.2) is 0 Å². The summed E-state index contributed by atoms with van der Waals surface area (Å²) in [6, 6.07) is 0. The third kappa shape index (κ3) is 2.09. The van der Waals surface area contributed by atoms with Gasteiger partial charge in [-0.05, 0) is 30.1 Å². The standard InChI is InChI=1S/C11H21N5/c1-9(2)5-10(3,4)7-11(12,6-9)8-13-15-16-14-8/h5-7,12H2,1-4H3,(H,13,14,15,16).